The SMILES string of the molecule is O=S(=O)([O-])[O-].SCCCCCCS.[Na+].[Na+]. The molecule has 0 rings (SSSR count). The van der Waals surface area contributed by atoms with E-state index in [4.69, 9.17) is 17.5 Å². The van der Waals surface area contributed by atoms with Gasteiger partial charge in [0.2, 0.25) is 0 Å². The van der Waals surface area contributed by atoms with E-state index < -0.39 is 10.4 Å². The third-order valence-corrected chi connectivity index (χ3v) is 1.70. The normalized spacial score (nSPS) is 9.07. The molecule has 0 aliphatic rings. The summed E-state index contributed by atoms with van der Waals surface area (Å²) in [5.41, 5.74) is 0. The van der Waals surface area contributed by atoms with Gasteiger partial charge in [0.05, 0.1) is 0 Å². The average Bonchev–Trinajstić information content (AvgIpc) is 1.95. The van der Waals surface area contributed by atoms with E-state index in [2.05, 4.69) is 25.3 Å². The minimum Gasteiger partial charge on any atom is -0.759 e. The molecule has 0 spiro atoms. The van der Waals surface area contributed by atoms with Crippen molar-refractivity contribution in [2.45, 2.75) is 25.7 Å². The van der Waals surface area contributed by atoms with Crippen molar-refractivity contribution in [3.8, 4) is 0 Å². The minimum atomic E-state index is -5.17. The molecule has 15 heavy (non-hydrogen) atoms. The Kier molecular flexibility index (Phi) is 33.0. The fourth-order valence-electron chi connectivity index (χ4n) is 0.577. The molecule has 0 aromatic rings. The molecule has 0 atom stereocenters. The summed E-state index contributed by atoms with van der Waals surface area (Å²) in [5, 5.41) is 0. The van der Waals surface area contributed by atoms with E-state index in [1.165, 1.54) is 25.7 Å². The van der Waals surface area contributed by atoms with Crippen LogP contribution in [0.3, 0.4) is 0 Å². The van der Waals surface area contributed by atoms with E-state index in [1.807, 2.05) is 0 Å². The standard InChI is InChI=1S/C6H14S2.2Na.H2O4S/c7-5-3-1-2-4-6-8;;;1-5(2,3)4/h7-8H,1-6H2;;;(H2,1,2,3,4)/q;2*+1;/p-2. The molecule has 0 heterocycles. The van der Waals surface area contributed by atoms with Gasteiger partial charge in [-0.05, 0) is 24.3 Å². The zero-order chi connectivity index (χ0) is 10.7. The van der Waals surface area contributed by atoms with Gasteiger partial charge in [0.1, 0.15) is 0 Å². The summed E-state index contributed by atoms with van der Waals surface area (Å²) >= 11 is 8.21. The van der Waals surface area contributed by atoms with Gasteiger partial charge in [-0.15, -0.1) is 0 Å². The molecule has 0 saturated heterocycles. The number of hydrogen-bond donors (Lipinski definition) is 2. The van der Waals surface area contributed by atoms with Gasteiger partial charge in [-0.1, -0.05) is 12.8 Å². The van der Waals surface area contributed by atoms with E-state index in [1.54, 1.807) is 0 Å². The molecule has 0 saturated carbocycles. The maximum Gasteiger partial charge on any atom is 1.00 e. The van der Waals surface area contributed by atoms with Crippen molar-refractivity contribution in [3.05, 3.63) is 0 Å². The number of unbranched alkanes of at least 4 members (excludes halogenated alkanes) is 3. The van der Waals surface area contributed by atoms with Crippen molar-refractivity contribution < 1.29 is 76.6 Å². The Morgan fingerprint density at radius 2 is 1.00 bits per heavy atom. The van der Waals surface area contributed by atoms with Gasteiger partial charge in [-0.3, -0.25) is 8.42 Å². The van der Waals surface area contributed by atoms with Crippen LogP contribution in [-0.2, 0) is 10.4 Å². The minimum absolute atomic E-state index is 0. The molecule has 0 aliphatic heterocycles. The first-order valence-corrected chi connectivity index (χ1v) is 6.40. The first kappa shape index (κ1) is 26.2. The van der Waals surface area contributed by atoms with Crippen molar-refractivity contribution in [2.75, 3.05) is 11.5 Å². The fraction of sp³-hybridized carbons (Fsp3) is 1.00. The van der Waals surface area contributed by atoms with Crippen LogP contribution in [0, 0.1) is 0 Å². The van der Waals surface area contributed by atoms with Gasteiger partial charge in [0, 0.05) is 10.4 Å². The van der Waals surface area contributed by atoms with Crippen LogP contribution >= 0.6 is 25.3 Å². The Balaban J connectivity index is -0.0000000770. The molecule has 9 heteroatoms. The van der Waals surface area contributed by atoms with Crippen molar-refractivity contribution in [1.82, 2.24) is 0 Å². The van der Waals surface area contributed by atoms with E-state index in [9.17, 15) is 0 Å². The van der Waals surface area contributed by atoms with E-state index in [0.29, 0.717) is 0 Å². The summed E-state index contributed by atoms with van der Waals surface area (Å²) in [6.45, 7) is 0. The van der Waals surface area contributed by atoms with Crippen molar-refractivity contribution in [1.29, 1.82) is 0 Å². The van der Waals surface area contributed by atoms with Crippen LogP contribution in [0.4, 0.5) is 0 Å². The largest absolute Gasteiger partial charge is 1.00 e. The Bertz CT molecular complexity index is 173. The Morgan fingerprint density at radius 1 is 0.800 bits per heavy atom. The van der Waals surface area contributed by atoms with E-state index >= 15 is 0 Å². The molecular weight excluding hydrogens is 278 g/mol. The zero-order valence-electron chi connectivity index (χ0n) is 9.18. The quantitative estimate of drug-likeness (QED) is 0.175. The molecule has 0 N–H and O–H groups in total. The van der Waals surface area contributed by atoms with Gasteiger partial charge >= 0.3 is 59.1 Å². The summed E-state index contributed by atoms with van der Waals surface area (Å²) in [5.74, 6) is 2.07. The topological polar surface area (TPSA) is 80.3 Å². The zero-order valence-corrected chi connectivity index (χ0v) is 15.8. The Hall–Kier alpha value is 2.57. The van der Waals surface area contributed by atoms with Gasteiger partial charge in [-0.2, -0.15) is 25.3 Å². The molecule has 0 bridgehead atoms. The number of hydrogen-bond acceptors (Lipinski definition) is 6. The maximum atomic E-state index is 8.52. The summed E-state index contributed by atoms with van der Waals surface area (Å²) in [7, 11) is -5.17. The van der Waals surface area contributed by atoms with Crippen LogP contribution in [0.2, 0.25) is 0 Å². The van der Waals surface area contributed by atoms with Gasteiger partial charge in [-0.25, -0.2) is 0 Å². The molecule has 0 unspecified atom stereocenters. The van der Waals surface area contributed by atoms with Crippen LogP contribution in [0.5, 0.6) is 0 Å². The van der Waals surface area contributed by atoms with Crippen molar-refractivity contribution in [3.63, 3.8) is 0 Å². The van der Waals surface area contributed by atoms with Crippen LogP contribution in [0.15, 0.2) is 0 Å². The molecule has 0 aliphatic carbocycles. The first-order chi connectivity index (χ1) is 5.91. The van der Waals surface area contributed by atoms with Crippen LogP contribution in [-0.4, -0.2) is 29.0 Å². The first-order valence-electron chi connectivity index (χ1n) is 3.80. The second-order valence-corrected chi connectivity index (χ2v) is 3.98. The van der Waals surface area contributed by atoms with Crippen LogP contribution in [0.1, 0.15) is 25.7 Å². The third-order valence-electron chi connectivity index (χ3n) is 1.07. The number of thiol groups is 2. The van der Waals surface area contributed by atoms with Crippen LogP contribution in [0.25, 0.3) is 0 Å². The molecular formula is C6H14Na2O4S3. The third kappa shape index (κ3) is 61.4. The van der Waals surface area contributed by atoms with Gasteiger partial charge < -0.3 is 9.11 Å². The molecule has 0 radical (unpaired) electrons. The average molecular weight is 292 g/mol. The second kappa shape index (κ2) is 18.9. The van der Waals surface area contributed by atoms with Gasteiger partial charge in [0.15, 0.2) is 0 Å². The predicted octanol–water partition coefficient (Wildman–Crippen LogP) is -4.92. The Labute approximate surface area is 147 Å². The van der Waals surface area contributed by atoms with E-state index in [-0.39, 0.29) is 59.1 Å². The molecule has 0 aromatic heterocycles. The van der Waals surface area contributed by atoms with Crippen LogP contribution < -0.4 is 59.1 Å². The smallest absolute Gasteiger partial charge is 0.759 e. The van der Waals surface area contributed by atoms with Gasteiger partial charge in [0.25, 0.3) is 0 Å². The second-order valence-electron chi connectivity index (χ2n) is 2.27. The van der Waals surface area contributed by atoms with Crippen molar-refractivity contribution >= 4 is 35.7 Å². The maximum absolute atomic E-state index is 8.52. The molecule has 0 amide bonds. The Morgan fingerprint density at radius 3 is 1.13 bits per heavy atom. The molecule has 82 valence electrons. The number of rotatable bonds is 5. The summed E-state index contributed by atoms with van der Waals surface area (Å²) in [6, 6.07) is 0. The molecule has 0 fully saturated rings. The van der Waals surface area contributed by atoms with E-state index in [0.717, 1.165) is 11.5 Å². The fourth-order valence-corrected chi connectivity index (χ4v) is 1.02. The summed E-state index contributed by atoms with van der Waals surface area (Å²) in [4.78, 5) is 0. The monoisotopic (exact) mass is 292 g/mol. The summed E-state index contributed by atoms with van der Waals surface area (Å²) < 4.78 is 34.1. The predicted molar refractivity (Wildman–Crippen MR) is 56.6 cm³/mol. The molecule has 0 aromatic carbocycles. The molecule has 4 nitrogen and oxygen atoms in total. The summed E-state index contributed by atoms with van der Waals surface area (Å²) in [6.07, 6.45) is 5.17. The van der Waals surface area contributed by atoms with Crippen molar-refractivity contribution in [2.24, 2.45) is 0 Å².